The van der Waals surface area contributed by atoms with Crippen molar-refractivity contribution in [2.24, 2.45) is 0 Å². The number of hydrogen-bond donors (Lipinski definition) is 2. The number of rotatable bonds is 17. The molecule has 0 bridgehead atoms. The third-order valence-electron chi connectivity index (χ3n) is 22.5. The molecule has 0 fully saturated rings. The highest BCUT2D eigenvalue weighted by Crippen LogP contribution is 2.52. The van der Waals surface area contributed by atoms with Crippen molar-refractivity contribution < 1.29 is 75.0 Å². The standard InChI is InChI=1S/C26H28F3NO2S.C25H28BrNO2S.C25H27F2NO3S.C24H27NO4S.CH4/c1-14-20(23(15(2)31)32-25(3,4)5)21(16-10-12-17(13-11-16)26(27,28)29)22-18-8-6-7-9-19(18)33-24(22)30-14;1-14-20(23(15(2)28)29-25(3,4)5)21(16-10-12-17(26)13-11-16)22-18-8-6-7-9-19(18)30-24(22)27-14;1-13-18(21(24(29)30)31-25(2,3)4)19(14-9-11-15(12-10-14)22(26)27)20-16-7-5-6-8-17(16)32-23(20)28-13;1-13-6-8-15(9-7-13)19-18(21(23(26)27)29-24(3,4)5)14(2)25-22-20(19)16-10-11-28-12-17(16)30-22;/h10-13,23H,6-9H2,1-5H3;10-13,23H,6-9H2,1-5H3;9-12,21-22H,5-8H2,1-4H3,(H,29,30);6-9,21H,10-12H2,1-5H3,(H,26,27);1H4/t2*23-;2*21-;/m1100./s1. The highest BCUT2D eigenvalue weighted by Gasteiger charge is 2.40. The Balaban J connectivity index is 0.000000152. The van der Waals surface area contributed by atoms with Gasteiger partial charge in [-0.1, -0.05) is 102 Å². The van der Waals surface area contributed by atoms with Crippen LogP contribution >= 0.6 is 61.3 Å². The van der Waals surface area contributed by atoms with Gasteiger partial charge in [0.2, 0.25) is 0 Å². The molecule has 16 rings (SSSR count). The minimum absolute atomic E-state index is 0. The Morgan fingerprint density at radius 1 is 0.405 bits per heavy atom. The topological polar surface area (TPSA) is 206 Å². The van der Waals surface area contributed by atoms with Crippen molar-refractivity contribution in [2.75, 3.05) is 6.61 Å². The van der Waals surface area contributed by atoms with Crippen molar-refractivity contribution in [1.82, 2.24) is 19.9 Å². The fourth-order valence-corrected chi connectivity index (χ4v) is 22.8. The van der Waals surface area contributed by atoms with E-state index in [-0.39, 0.29) is 24.6 Å². The van der Waals surface area contributed by atoms with E-state index in [0.29, 0.717) is 58.1 Å². The van der Waals surface area contributed by atoms with Crippen LogP contribution < -0.4 is 0 Å². The maximum Gasteiger partial charge on any atom is 0.416 e. The zero-order valence-electron chi connectivity index (χ0n) is 74.5. The van der Waals surface area contributed by atoms with Crippen molar-refractivity contribution in [2.45, 2.75) is 288 Å². The van der Waals surface area contributed by atoms with Gasteiger partial charge in [-0.2, -0.15) is 13.2 Å². The molecule has 4 aliphatic rings. The number of hydrogen-bond acceptors (Lipinski definition) is 17. The number of halogens is 6. The van der Waals surface area contributed by atoms with E-state index in [1.54, 1.807) is 60.0 Å². The van der Waals surface area contributed by atoms with Gasteiger partial charge in [-0.3, -0.25) is 9.59 Å². The summed E-state index contributed by atoms with van der Waals surface area (Å²) in [6.45, 7) is 36.6. The Kier molecular flexibility index (Phi) is 29.7. The number of thiophene rings is 4. The lowest BCUT2D eigenvalue weighted by Gasteiger charge is -2.29. The summed E-state index contributed by atoms with van der Waals surface area (Å²) in [4.78, 5) is 78.8. The molecule has 1 aliphatic heterocycles. The van der Waals surface area contributed by atoms with Crippen molar-refractivity contribution in [3.63, 3.8) is 0 Å². The normalized spacial score (nSPS) is 15.2. The van der Waals surface area contributed by atoms with Gasteiger partial charge in [-0.25, -0.2) is 38.3 Å². The molecule has 9 heterocycles. The van der Waals surface area contributed by atoms with Gasteiger partial charge in [0, 0.05) is 118 Å². The van der Waals surface area contributed by atoms with Crippen molar-refractivity contribution in [1.29, 1.82) is 0 Å². The van der Waals surface area contributed by atoms with Gasteiger partial charge >= 0.3 is 18.1 Å². The van der Waals surface area contributed by atoms with E-state index in [1.165, 1.54) is 91.2 Å². The van der Waals surface area contributed by atoms with Crippen LogP contribution in [-0.4, -0.2) is 82.7 Å². The molecule has 4 aromatic carbocycles. The van der Waals surface area contributed by atoms with Crippen LogP contribution in [0.4, 0.5) is 22.0 Å². The first-order valence-electron chi connectivity index (χ1n) is 42.7. The van der Waals surface area contributed by atoms with E-state index in [2.05, 4.69) is 64.5 Å². The van der Waals surface area contributed by atoms with Gasteiger partial charge in [0.25, 0.3) is 6.43 Å². The van der Waals surface area contributed by atoms with E-state index in [1.807, 2.05) is 122 Å². The maximum absolute atomic E-state index is 13.2. The number of carboxylic acids is 2. The second kappa shape index (κ2) is 38.7. The number of ether oxygens (including phenoxy) is 5. The number of alkyl halides is 5. The van der Waals surface area contributed by atoms with E-state index in [4.69, 9.17) is 43.6 Å². The predicted molar refractivity (Wildman–Crippen MR) is 503 cm³/mol. The Morgan fingerprint density at radius 2 is 0.683 bits per heavy atom. The van der Waals surface area contributed by atoms with Crippen molar-refractivity contribution in [3.05, 3.63) is 205 Å². The lowest BCUT2D eigenvalue weighted by Crippen LogP contribution is -2.28. The van der Waals surface area contributed by atoms with Crippen LogP contribution in [0.1, 0.15) is 277 Å². The highest BCUT2D eigenvalue weighted by molar-refractivity contribution is 9.10. The van der Waals surface area contributed by atoms with Crippen LogP contribution in [0.2, 0.25) is 0 Å². The molecular formula is C101H114BrF5N4O11S4. The first-order valence-corrected chi connectivity index (χ1v) is 46.7. The predicted octanol–water partition coefficient (Wildman–Crippen LogP) is 28.2. The summed E-state index contributed by atoms with van der Waals surface area (Å²) >= 11 is 10.3. The van der Waals surface area contributed by atoms with E-state index in [9.17, 15) is 51.3 Å². The Labute approximate surface area is 759 Å². The number of fused-ring (bicyclic) bond motifs is 12. The first kappa shape index (κ1) is 96.6. The minimum Gasteiger partial charge on any atom is -0.479 e. The number of carbonyl (C=O) groups excluding carboxylic acids is 2. The largest absolute Gasteiger partial charge is 0.479 e. The maximum atomic E-state index is 13.2. The van der Waals surface area contributed by atoms with Crippen LogP contribution in [-0.2, 0) is 101 Å². The van der Waals surface area contributed by atoms with Crippen LogP contribution in [0.3, 0.4) is 0 Å². The molecule has 12 aromatic rings. The van der Waals surface area contributed by atoms with Gasteiger partial charge < -0.3 is 33.9 Å². The molecule has 0 saturated heterocycles. The molecule has 8 aromatic heterocycles. The van der Waals surface area contributed by atoms with Gasteiger partial charge in [-0.15, -0.1) is 45.3 Å². The second-order valence-electron chi connectivity index (χ2n) is 36.8. The molecule has 2 N–H and O–H groups in total. The summed E-state index contributed by atoms with van der Waals surface area (Å²) in [6.07, 6.45) is 2.76. The number of aryl methyl sites for hydroxylation is 11. The van der Waals surface area contributed by atoms with Crippen LogP contribution in [0, 0.1) is 34.6 Å². The molecular weight excluding hydrogens is 1750 g/mol. The van der Waals surface area contributed by atoms with Crippen LogP contribution in [0.25, 0.3) is 85.4 Å². The molecule has 15 nitrogen and oxygen atoms in total. The SMILES string of the molecule is C.CC(=O)[C@@H](OC(C)(C)C)c1c(C)nc2sc3c(c2c1-c1ccc(Br)cc1)CCCC3.CC(=O)[C@@H](OC(C)(C)C)c1c(C)nc2sc3c(c2c1-c1ccc(C(F)(F)F)cc1)CCCC3.Cc1ccc(-c2c([C@H](OC(C)(C)C)C(=O)O)c(C)nc3sc4c(c23)CCOC4)cc1.Cc1nc2sc3c(c2c(-c2ccc(C(F)F)cc2)c1[C@H](OC(C)(C)C)C(=O)O)CCCC3. The van der Waals surface area contributed by atoms with E-state index in [0.717, 1.165) is 173 Å². The molecule has 25 heteroatoms. The molecule has 3 aliphatic carbocycles. The second-order valence-corrected chi connectivity index (χ2v) is 42.1. The molecule has 670 valence electrons. The molecule has 0 amide bonds. The monoisotopic (exact) mass is 1860 g/mol. The Bertz CT molecular complexity index is 5890. The number of carbonyl (C=O) groups is 4. The summed E-state index contributed by atoms with van der Waals surface area (Å²) in [5, 5.41) is 24.4. The summed E-state index contributed by atoms with van der Waals surface area (Å²) in [7, 11) is 0. The number of carboxylic acid groups (broad SMARTS) is 2. The Morgan fingerprint density at radius 3 is 0.984 bits per heavy atom. The van der Waals surface area contributed by atoms with E-state index < -0.39 is 76.9 Å². The van der Waals surface area contributed by atoms with Gasteiger partial charge in [0.05, 0.1) is 41.2 Å². The fourth-order valence-electron chi connectivity index (χ4n) is 17.3. The van der Waals surface area contributed by atoms with Gasteiger partial charge in [-0.05, 0) is 284 Å². The third-order valence-corrected chi connectivity index (χ3v) is 27.7. The lowest BCUT2D eigenvalue weighted by atomic mass is 9.87. The van der Waals surface area contributed by atoms with Gasteiger partial charge in [0.15, 0.2) is 23.8 Å². The minimum atomic E-state index is -4.41. The number of aliphatic carboxylic acids is 2. The Hall–Kier alpha value is -8.47. The average Bonchev–Trinajstić information content (AvgIpc) is 1.58. The molecule has 126 heavy (non-hydrogen) atoms. The zero-order valence-corrected chi connectivity index (χ0v) is 79.3. The average molecular weight is 1860 g/mol. The molecule has 0 spiro atoms. The summed E-state index contributed by atoms with van der Waals surface area (Å²) in [5.74, 6) is -2.25. The molecule has 0 unspecified atom stereocenters. The molecule has 0 saturated carbocycles. The van der Waals surface area contributed by atoms with Crippen LogP contribution in [0.15, 0.2) is 102 Å². The van der Waals surface area contributed by atoms with Gasteiger partial charge in [0.1, 0.15) is 31.5 Å². The van der Waals surface area contributed by atoms with E-state index >= 15 is 0 Å². The first-order chi connectivity index (χ1) is 58.7. The molecule has 0 radical (unpaired) electrons. The quantitative estimate of drug-likeness (QED) is 0.0813. The number of nitrogens with zero attached hydrogens (tertiary/aromatic N) is 4. The number of Topliss-reactive ketones (excluding diaryl/α,β-unsaturated/α-hetero) is 2. The summed E-state index contributed by atoms with van der Waals surface area (Å²) in [5.41, 5.74) is 15.6. The summed E-state index contributed by atoms with van der Waals surface area (Å²) < 4.78 is 97.4. The third kappa shape index (κ3) is 21.5. The number of pyridine rings is 4. The van der Waals surface area contributed by atoms with Crippen molar-refractivity contribution in [3.8, 4) is 44.5 Å². The summed E-state index contributed by atoms with van der Waals surface area (Å²) in [6, 6.07) is 28.0. The van der Waals surface area contributed by atoms with Crippen LogP contribution in [0.5, 0.6) is 0 Å². The zero-order chi connectivity index (χ0) is 90.6. The number of benzene rings is 4. The molecule has 4 atom stereocenters. The smallest absolute Gasteiger partial charge is 0.416 e. The number of ketones is 2. The highest BCUT2D eigenvalue weighted by atomic mass is 79.9. The lowest BCUT2D eigenvalue weighted by molar-refractivity contribution is -0.161. The number of aromatic nitrogens is 4. The van der Waals surface area contributed by atoms with Crippen molar-refractivity contribution >= 4 is 126 Å². The fraction of sp³-hybridized carbons (Fsp3) is 0.446.